The van der Waals surface area contributed by atoms with Crippen molar-refractivity contribution in [3.8, 4) is 0 Å². The zero-order valence-corrected chi connectivity index (χ0v) is 8.67. The summed E-state index contributed by atoms with van der Waals surface area (Å²) in [6.07, 6.45) is 0. The highest BCUT2D eigenvalue weighted by atomic mass is 31.2. The van der Waals surface area contributed by atoms with Gasteiger partial charge in [0, 0.05) is 0 Å². The summed E-state index contributed by atoms with van der Waals surface area (Å²) in [6, 6.07) is 0. The summed E-state index contributed by atoms with van der Waals surface area (Å²) in [7, 11) is -4.89. The van der Waals surface area contributed by atoms with Crippen LogP contribution in [0, 0.1) is 0 Å². The number of phosphoric acid groups is 1. The van der Waals surface area contributed by atoms with E-state index in [4.69, 9.17) is 19.2 Å². The molecule has 0 spiro atoms. The van der Waals surface area contributed by atoms with Gasteiger partial charge in [0.25, 0.3) is 7.82 Å². The Morgan fingerprint density at radius 1 is 1.17 bits per heavy atom. The highest BCUT2D eigenvalue weighted by Gasteiger charge is 1.92. The van der Waals surface area contributed by atoms with Crippen LogP contribution in [0.2, 0.25) is 0 Å². The van der Waals surface area contributed by atoms with Crippen LogP contribution in [0.15, 0.2) is 0 Å². The molecule has 3 N–H and O–H groups in total. The maximum Gasteiger partial charge on any atom is 0.262 e. The lowest BCUT2D eigenvalue weighted by Gasteiger charge is -2.10. The van der Waals surface area contributed by atoms with Crippen molar-refractivity contribution in [2.45, 2.75) is 20.8 Å². The van der Waals surface area contributed by atoms with Crippen LogP contribution in [-0.2, 0) is 4.57 Å². The molecule has 76 valence electrons. The molecule has 0 aromatic carbocycles. The van der Waals surface area contributed by atoms with Crippen LogP contribution in [0.25, 0.3) is 0 Å². The van der Waals surface area contributed by atoms with Gasteiger partial charge in [0.2, 0.25) is 0 Å². The van der Waals surface area contributed by atoms with Crippen molar-refractivity contribution in [2.24, 2.45) is 0 Å². The molecule has 0 aromatic rings. The van der Waals surface area contributed by atoms with Crippen LogP contribution >= 0.6 is 7.82 Å². The Morgan fingerprint density at radius 3 is 1.33 bits per heavy atom. The van der Waals surface area contributed by atoms with Gasteiger partial charge in [-0.05, 0) is 20.8 Å². The average Bonchev–Trinajstić information content (AvgIpc) is 1.88. The predicted molar refractivity (Wildman–Crippen MR) is 44.6 cm³/mol. The molecular formula is C6H18NO4P. The number of nitrogens with one attached hydrogen (secondary N) is 1. The molecule has 0 aliphatic rings. The Morgan fingerprint density at radius 2 is 1.33 bits per heavy atom. The maximum atomic E-state index is 8.77. The van der Waals surface area contributed by atoms with Crippen LogP contribution in [0.5, 0.6) is 0 Å². The minimum Gasteiger partial charge on any atom is -0.756 e. The second-order valence-electron chi connectivity index (χ2n) is 2.30. The van der Waals surface area contributed by atoms with Gasteiger partial charge in [-0.1, -0.05) is 0 Å². The first-order valence-electron chi connectivity index (χ1n) is 3.95. The zero-order chi connectivity index (χ0) is 10.2. The molecular weight excluding hydrogens is 181 g/mol. The van der Waals surface area contributed by atoms with E-state index in [-0.39, 0.29) is 0 Å². The number of quaternary nitrogens is 1. The van der Waals surface area contributed by atoms with E-state index in [0.29, 0.717) is 0 Å². The summed E-state index contributed by atoms with van der Waals surface area (Å²) >= 11 is 0. The van der Waals surface area contributed by atoms with Crippen molar-refractivity contribution in [3.05, 3.63) is 0 Å². The Hall–Kier alpha value is 0.0700. The topological polar surface area (TPSA) is 85.0 Å². The molecule has 12 heavy (non-hydrogen) atoms. The van der Waals surface area contributed by atoms with Gasteiger partial charge in [-0.3, -0.25) is 4.57 Å². The molecule has 0 aliphatic carbocycles. The summed E-state index contributed by atoms with van der Waals surface area (Å²) < 4.78 is 8.77. The van der Waals surface area contributed by atoms with Gasteiger partial charge in [-0.25, -0.2) is 0 Å². The molecule has 0 radical (unpaired) electrons. The first-order valence-corrected chi connectivity index (χ1v) is 5.48. The smallest absolute Gasteiger partial charge is 0.262 e. The van der Waals surface area contributed by atoms with Crippen molar-refractivity contribution in [1.29, 1.82) is 0 Å². The summed E-state index contributed by atoms with van der Waals surface area (Å²) in [6.45, 7) is 10.5. The van der Waals surface area contributed by atoms with Crippen molar-refractivity contribution in [2.75, 3.05) is 19.6 Å². The fourth-order valence-corrected chi connectivity index (χ4v) is 0.750. The third kappa shape index (κ3) is 22.5. The molecule has 0 bridgehead atoms. The third-order valence-electron chi connectivity index (χ3n) is 1.50. The van der Waals surface area contributed by atoms with Gasteiger partial charge >= 0.3 is 0 Å². The lowest BCUT2D eigenvalue weighted by molar-refractivity contribution is -0.894. The Bertz CT molecular complexity index is 118. The maximum absolute atomic E-state index is 8.77. The fourth-order valence-electron chi connectivity index (χ4n) is 0.750. The Labute approximate surface area is 73.3 Å². The van der Waals surface area contributed by atoms with Gasteiger partial charge in [0.1, 0.15) is 0 Å². The van der Waals surface area contributed by atoms with Crippen LogP contribution in [-0.4, -0.2) is 29.4 Å². The lowest BCUT2D eigenvalue weighted by Crippen LogP contribution is -3.11. The van der Waals surface area contributed by atoms with E-state index >= 15 is 0 Å². The van der Waals surface area contributed by atoms with Crippen LogP contribution < -0.4 is 9.79 Å². The highest BCUT2D eigenvalue weighted by Crippen LogP contribution is 2.18. The van der Waals surface area contributed by atoms with E-state index in [2.05, 4.69) is 20.8 Å². The van der Waals surface area contributed by atoms with Crippen molar-refractivity contribution < 1.29 is 24.1 Å². The Balaban J connectivity index is 0. The molecule has 0 aliphatic heterocycles. The number of hydrogen-bond donors (Lipinski definition) is 3. The monoisotopic (exact) mass is 199 g/mol. The normalized spacial score (nSPS) is 10.9. The zero-order valence-electron chi connectivity index (χ0n) is 7.78. The fraction of sp³-hybridized carbons (Fsp3) is 1.00. The lowest BCUT2D eigenvalue weighted by atomic mass is 10.5. The number of rotatable bonds is 3. The molecule has 0 amide bonds. The van der Waals surface area contributed by atoms with Crippen LogP contribution in [0.3, 0.4) is 0 Å². The largest absolute Gasteiger partial charge is 0.756 e. The molecule has 0 aromatic heterocycles. The SMILES string of the molecule is CC[NH+](CC)CC.O=P([O-])(O)O. The van der Waals surface area contributed by atoms with E-state index in [9.17, 15) is 0 Å². The van der Waals surface area contributed by atoms with E-state index in [1.807, 2.05) is 0 Å². The first-order chi connectivity index (χ1) is 5.35. The van der Waals surface area contributed by atoms with Gasteiger partial charge in [0.15, 0.2) is 0 Å². The summed E-state index contributed by atoms with van der Waals surface area (Å²) in [5.41, 5.74) is 0. The van der Waals surface area contributed by atoms with Crippen LogP contribution in [0.4, 0.5) is 0 Å². The predicted octanol–water partition coefficient (Wildman–Crippen LogP) is -1.63. The molecule has 0 saturated carbocycles. The summed E-state index contributed by atoms with van der Waals surface area (Å²) in [4.78, 5) is 24.6. The molecule has 0 saturated heterocycles. The van der Waals surface area contributed by atoms with Crippen molar-refractivity contribution in [3.63, 3.8) is 0 Å². The average molecular weight is 199 g/mol. The van der Waals surface area contributed by atoms with E-state index < -0.39 is 7.82 Å². The van der Waals surface area contributed by atoms with Crippen molar-refractivity contribution in [1.82, 2.24) is 0 Å². The van der Waals surface area contributed by atoms with E-state index in [1.165, 1.54) is 19.6 Å². The highest BCUT2D eigenvalue weighted by molar-refractivity contribution is 7.43. The van der Waals surface area contributed by atoms with Gasteiger partial charge in [-0.2, -0.15) is 0 Å². The molecule has 0 unspecified atom stereocenters. The molecule has 6 heteroatoms. The third-order valence-corrected chi connectivity index (χ3v) is 1.50. The van der Waals surface area contributed by atoms with E-state index in [1.54, 1.807) is 4.90 Å². The quantitative estimate of drug-likeness (QED) is 0.476. The standard InChI is InChI=1S/C6H15N.H3O4P/c1-4-7(5-2)6-3;1-5(2,3)4/h4-6H2,1-3H3;(H3,1,2,3,4). The Kier molecular flexibility index (Phi) is 9.37. The van der Waals surface area contributed by atoms with Gasteiger partial charge in [-0.15, -0.1) is 0 Å². The van der Waals surface area contributed by atoms with E-state index in [0.717, 1.165) is 0 Å². The summed E-state index contributed by atoms with van der Waals surface area (Å²) in [5, 5.41) is 0. The molecule has 0 atom stereocenters. The minimum atomic E-state index is -4.89. The second-order valence-corrected chi connectivity index (χ2v) is 3.28. The van der Waals surface area contributed by atoms with Gasteiger partial charge in [0.05, 0.1) is 19.6 Å². The van der Waals surface area contributed by atoms with Gasteiger partial charge < -0.3 is 19.6 Å². The molecule has 0 rings (SSSR count). The number of hydrogen-bond acceptors (Lipinski definition) is 2. The second kappa shape index (κ2) is 7.71. The molecule has 0 fully saturated rings. The molecule has 5 nitrogen and oxygen atoms in total. The minimum absolute atomic E-state index is 1.27. The first kappa shape index (κ1) is 14.6. The molecule has 0 heterocycles. The van der Waals surface area contributed by atoms with Crippen molar-refractivity contribution >= 4 is 7.82 Å². The van der Waals surface area contributed by atoms with Crippen LogP contribution in [0.1, 0.15) is 20.8 Å². The summed E-state index contributed by atoms with van der Waals surface area (Å²) in [5.74, 6) is 0.